The van der Waals surface area contributed by atoms with E-state index in [0.29, 0.717) is 11.4 Å². The SMILES string of the molecule is Fc1cc[c]c(CCl)c1. The lowest BCUT2D eigenvalue weighted by Crippen LogP contribution is -1.78. The molecule has 0 bridgehead atoms. The zero-order valence-corrected chi connectivity index (χ0v) is 5.45. The number of halogens is 2. The average molecular weight is 144 g/mol. The molecule has 0 nitrogen and oxygen atoms in total. The smallest absolute Gasteiger partial charge is 0.123 e. The molecule has 1 aromatic carbocycles. The van der Waals surface area contributed by atoms with Gasteiger partial charge in [-0.05, 0) is 23.8 Å². The maximum Gasteiger partial charge on any atom is 0.123 e. The molecular weight excluding hydrogens is 139 g/mol. The maximum atomic E-state index is 12.3. The van der Waals surface area contributed by atoms with E-state index in [-0.39, 0.29) is 5.82 Å². The van der Waals surface area contributed by atoms with Gasteiger partial charge in [-0.1, -0.05) is 6.07 Å². The van der Waals surface area contributed by atoms with E-state index in [2.05, 4.69) is 6.07 Å². The van der Waals surface area contributed by atoms with Gasteiger partial charge in [-0.2, -0.15) is 0 Å². The van der Waals surface area contributed by atoms with E-state index in [1.165, 1.54) is 18.2 Å². The summed E-state index contributed by atoms with van der Waals surface area (Å²) in [4.78, 5) is 0. The van der Waals surface area contributed by atoms with E-state index in [4.69, 9.17) is 11.6 Å². The molecule has 0 aliphatic heterocycles. The van der Waals surface area contributed by atoms with Crippen LogP contribution in [0.4, 0.5) is 4.39 Å². The number of rotatable bonds is 1. The van der Waals surface area contributed by atoms with Crippen molar-refractivity contribution < 1.29 is 4.39 Å². The van der Waals surface area contributed by atoms with Crippen LogP contribution in [0.3, 0.4) is 0 Å². The van der Waals surface area contributed by atoms with Crippen LogP contribution in [-0.4, -0.2) is 0 Å². The molecule has 0 N–H and O–H groups in total. The molecule has 0 saturated heterocycles. The molecule has 0 heterocycles. The largest absolute Gasteiger partial charge is 0.207 e. The topological polar surface area (TPSA) is 0 Å². The van der Waals surface area contributed by atoms with Gasteiger partial charge in [0.2, 0.25) is 0 Å². The highest BCUT2D eigenvalue weighted by atomic mass is 35.5. The van der Waals surface area contributed by atoms with Crippen molar-refractivity contribution in [3.63, 3.8) is 0 Å². The normalized spacial score (nSPS) is 9.56. The Labute approximate surface area is 58.3 Å². The van der Waals surface area contributed by atoms with Crippen LogP contribution in [-0.2, 0) is 5.88 Å². The minimum atomic E-state index is -0.260. The minimum Gasteiger partial charge on any atom is -0.207 e. The van der Waals surface area contributed by atoms with Gasteiger partial charge in [0.05, 0.1) is 0 Å². The monoisotopic (exact) mass is 143 g/mol. The quantitative estimate of drug-likeness (QED) is 0.530. The molecule has 9 heavy (non-hydrogen) atoms. The summed E-state index contributed by atoms with van der Waals surface area (Å²) in [6.45, 7) is 0. The van der Waals surface area contributed by atoms with Crippen LogP contribution in [0.2, 0.25) is 0 Å². The molecule has 0 saturated carbocycles. The summed E-state index contributed by atoms with van der Waals surface area (Å²) in [6, 6.07) is 7.02. The predicted octanol–water partition coefficient (Wildman–Crippen LogP) is 2.36. The molecule has 2 heteroatoms. The Balaban J connectivity index is 2.94. The summed E-state index contributed by atoms with van der Waals surface area (Å²) >= 11 is 5.40. The number of alkyl halides is 1. The van der Waals surface area contributed by atoms with Crippen LogP contribution >= 0.6 is 11.6 Å². The highest BCUT2D eigenvalue weighted by Crippen LogP contribution is 2.04. The summed E-state index contributed by atoms with van der Waals surface area (Å²) < 4.78 is 12.3. The molecule has 1 aromatic rings. The molecule has 0 aliphatic carbocycles. The highest BCUT2D eigenvalue weighted by Gasteiger charge is 1.90. The Bertz CT molecular complexity index is 198. The van der Waals surface area contributed by atoms with Crippen LogP contribution in [0.1, 0.15) is 5.56 Å². The third kappa shape index (κ3) is 1.68. The number of hydrogen-bond acceptors (Lipinski definition) is 0. The lowest BCUT2D eigenvalue weighted by molar-refractivity contribution is 0.626. The summed E-state index contributed by atoms with van der Waals surface area (Å²) in [7, 11) is 0. The standard InChI is InChI=1S/C7H5ClF/c8-5-6-2-1-3-7(9)4-6/h1,3-4H,5H2. The molecule has 1 radical (unpaired) electrons. The summed E-state index contributed by atoms with van der Waals surface area (Å²) in [6.07, 6.45) is 0. The second kappa shape index (κ2) is 2.83. The Morgan fingerprint density at radius 1 is 1.67 bits per heavy atom. The minimum absolute atomic E-state index is 0.260. The molecule has 0 amide bonds. The fraction of sp³-hybridized carbons (Fsp3) is 0.143. The van der Waals surface area contributed by atoms with Gasteiger partial charge in [-0.15, -0.1) is 11.6 Å². The first-order valence-electron chi connectivity index (χ1n) is 2.55. The van der Waals surface area contributed by atoms with Gasteiger partial charge >= 0.3 is 0 Å². The van der Waals surface area contributed by atoms with Crippen molar-refractivity contribution in [2.24, 2.45) is 0 Å². The molecular formula is C7H5ClF. The summed E-state index contributed by atoms with van der Waals surface area (Å²) in [5.41, 5.74) is 0.691. The second-order valence-corrected chi connectivity index (χ2v) is 1.93. The third-order valence-corrected chi connectivity index (χ3v) is 1.26. The Morgan fingerprint density at radius 2 is 2.44 bits per heavy atom. The summed E-state index contributed by atoms with van der Waals surface area (Å²) in [5, 5.41) is 0. The zero-order chi connectivity index (χ0) is 6.69. The van der Waals surface area contributed by atoms with Crippen molar-refractivity contribution in [3.05, 3.63) is 35.6 Å². The second-order valence-electron chi connectivity index (χ2n) is 1.67. The molecule has 0 unspecified atom stereocenters. The molecule has 0 aliphatic rings. The van der Waals surface area contributed by atoms with E-state index in [9.17, 15) is 4.39 Å². The van der Waals surface area contributed by atoms with Crippen molar-refractivity contribution in [1.29, 1.82) is 0 Å². The first-order valence-corrected chi connectivity index (χ1v) is 3.08. The van der Waals surface area contributed by atoms with Crippen LogP contribution < -0.4 is 0 Å². The fourth-order valence-electron chi connectivity index (χ4n) is 0.562. The van der Waals surface area contributed by atoms with Crippen LogP contribution in [0, 0.1) is 11.9 Å². The van der Waals surface area contributed by atoms with Gasteiger partial charge in [-0.3, -0.25) is 0 Å². The Morgan fingerprint density at radius 3 is 2.89 bits per heavy atom. The van der Waals surface area contributed by atoms with Crippen molar-refractivity contribution in [3.8, 4) is 0 Å². The molecule has 0 atom stereocenters. The maximum absolute atomic E-state index is 12.3. The van der Waals surface area contributed by atoms with Crippen LogP contribution in [0.5, 0.6) is 0 Å². The molecule has 0 spiro atoms. The molecule has 47 valence electrons. The highest BCUT2D eigenvalue weighted by molar-refractivity contribution is 6.17. The van der Waals surface area contributed by atoms with Gasteiger partial charge in [-0.25, -0.2) is 4.39 Å². The zero-order valence-electron chi connectivity index (χ0n) is 4.70. The lowest BCUT2D eigenvalue weighted by Gasteiger charge is -1.90. The predicted molar refractivity (Wildman–Crippen MR) is 34.8 cm³/mol. The third-order valence-electron chi connectivity index (χ3n) is 0.967. The van der Waals surface area contributed by atoms with E-state index in [1.54, 1.807) is 0 Å². The van der Waals surface area contributed by atoms with E-state index < -0.39 is 0 Å². The van der Waals surface area contributed by atoms with E-state index in [1.807, 2.05) is 0 Å². The van der Waals surface area contributed by atoms with Gasteiger partial charge < -0.3 is 0 Å². The first-order chi connectivity index (χ1) is 4.33. The average Bonchev–Trinajstić information content (AvgIpc) is 1.88. The van der Waals surface area contributed by atoms with Crippen molar-refractivity contribution in [2.75, 3.05) is 0 Å². The Hall–Kier alpha value is -0.560. The van der Waals surface area contributed by atoms with E-state index >= 15 is 0 Å². The number of hydrogen-bond donors (Lipinski definition) is 0. The molecule has 0 fully saturated rings. The van der Waals surface area contributed by atoms with Gasteiger partial charge in [0.25, 0.3) is 0 Å². The fourth-order valence-corrected chi connectivity index (χ4v) is 0.716. The first kappa shape index (κ1) is 6.56. The van der Waals surface area contributed by atoms with Gasteiger partial charge in [0, 0.05) is 5.88 Å². The molecule has 1 rings (SSSR count). The molecule has 0 aromatic heterocycles. The van der Waals surface area contributed by atoms with Crippen molar-refractivity contribution in [1.82, 2.24) is 0 Å². The van der Waals surface area contributed by atoms with Gasteiger partial charge in [0.15, 0.2) is 0 Å². The van der Waals surface area contributed by atoms with Gasteiger partial charge in [0.1, 0.15) is 5.82 Å². The number of benzene rings is 1. The lowest BCUT2D eigenvalue weighted by atomic mass is 10.2. The van der Waals surface area contributed by atoms with E-state index in [0.717, 1.165) is 0 Å². The van der Waals surface area contributed by atoms with Crippen molar-refractivity contribution in [2.45, 2.75) is 5.88 Å². The van der Waals surface area contributed by atoms with Crippen molar-refractivity contribution >= 4 is 11.6 Å². The van der Waals surface area contributed by atoms with Crippen LogP contribution in [0.25, 0.3) is 0 Å². The Kier molecular flexibility index (Phi) is 2.06. The van der Waals surface area contributed by atoms with Crippen LogP contribution in [0.15, 0.2) is 18.2 Å². The summed E-state index contributed by atoms with van der Waals surface area (Å²) in [5.74, 6) is 0.0574.